The fourth-order valence-electron chi connectivity index (χ4n) is 0.714. The molecule has 1 aromatic carbocycles. The quantitative estimate of drug-likeness (QED) is 0.464. The number of aryl methyl sites for hydroxylation is 1. The Bertz CT molecular complexity index is 161. The van der Waals surface area contributed by atoms with Crippen LogP contribution in [0.3, 0.4) is 0 Å². The smallest absolute Gasteiger partial charge is 0 e. The molecule has 0 unspecified atom stereocenters. The number of nitrogens with two attached hydrogens (primary N) is 2. The van der Waals surface area contributed by atoms with E-state index < -0.39 is 0 Å². The second-order valence-electron chi connectivity index (χ2n) is 1.84. The van der Waals surface area contributed by atoms with Crippen LogP contribution < -0.4 is 11.5 Å². The summed E-state index contributed by atoms with van der Waals surface area (Å²) in [6.07, 6.45) is 1.14. The third-order valence-corrected chi connectivity index (χ3v) is 1.25. The predicted octanol–water partition coefficient (Wildman–Crippen LogP) is 2.42. The summed E-state index contributed by atoms with van der Waals surface area (Å²) in [5.74, 6) is 0. The maximum atomic E-state index is 4.50. The van der Waals surface area contributed by atoms with Crippen molar-refractivity contribution in [1.29, 1.82) is 0 Å². The fourth-order valence-corrected chi connectivity index (χ4v) is 0.714. The Balaban J connectivity index is -0.0000000299. The zero-order valence-electron chi connectivity index (χ0n) is 11.5. The SMILES string of the molecule is CC.CCc1ccccc1.CN.CN.[W].[W].[W]. The molecule has 1 aromatic rings. The number of hydrogen-bond acceptors (Lipinski definition) is 2. The second-order valence-corrected chi connectivity index (χ2v) is 1.84. The molecule has 0 saturated carbocycles. The van der Waals surface area contributed by atoms with Crippen LogP contribution in [0.25, 0.3) is 0 Å². The molecule has 1 rings (SSSR count). The minimum Gasteiger partial charge on any atom is -0.333 e. The molecule has 4 N–H and O–H groups in total. The van der Waals surface area contributed by atoms with Crippen LogP contribution in [0, 0.1) is 0 Å². The van der Waals surface area contributed by atoms with Gasteiger partial charge in [-0.05, 0) is 26.1 Å². The summed E-state index contributed by atoms with van der Waals surface area (Å²) in [5, 5.41) is 0. The molecule has 102 valence electrons. The number of benzene rings is 1. The Kier molecular flexibility index (Phi) is 92.3. The van der Waals surface area contributed by atoms with Crippen LogP contribution in [0.2, 0.25) is 0 Å². The average Bonchev–Trinajstić information content (AvgIpc) is 2.37. The van der Waals surface area contributed by atoms with Crippen molar-refractivity contribution < 1.29 is 63.2 Å². The van der Waals surface area contributed by atoms with E-state index in [4.69, 9.17) is 0 Å². The first-order valence-corrected chi connectivity index (χ1v) is 5.13. The Labute approximate surface area is 150 Å². The number of hydrogen-bond donors (Lipinski definition) is 2. The summed E-state index contributed by atoms with van der Waals surface area (Å²) in [6.45, 7) is 6.16. The molecule has 17 heavy (non-hydrogen) atoms. The molecule has 0 bridgehead atoms. The van der Waals surface area contributed by atoms with Gasteiger partial charge < -0.3 is 11.5 Å². The van der Waals surface area contributed by atoms with Crippen molar-refractivity contribution in [1.82, 2.24) is 0 Å². The van der Waals surface area contributed by atoms with Gasteiger partial charge in [0.2, 0.25) is 0 Å². The van der Waals surface area contributed by atoms with Gasteiger partial charge >= 0.3 is 0 Å². The van der Waals surface area contributed by atoms with Crippen molar-refractivity contribution in [2.75, 3.05) is 14.1 Å². The van der Waals surface area contributed by atoms with Crippen LogP contribution in [0.1, 0.15) is 26.3 Å². The van der Waals surface area contributed by atoms with E-state index in [1.54, 1.807) is 0 Å². The molecule has 0 aliphatic heterocycles. The molecule has 0 saturated heterocycles. The normalized spacial score (nSPS) is 5.35. The zero-order valence-corrected chi connectivity index (χ0v) is 20.3. The van der Waals surface area contributed by atoms with Crippen LogP contribution in [0.15, 0.2) is 30.3 Å². The van der Waals surface area contributed by atoms with Gasteiger partial charge in [0.15, 0.2) is 0 Å². The van der Waals surface area contributed by atoms with Crippen molar-refractivity contribution in [3.8, 4) is 0 Å². The molecular formula is C12H26N2W3. The molecule has 5 heteroatoms. The molecule has 0 radical (unpaired) electrons. The van der Waals surface area contributed by atoms with Gasteiger partial charge in [0.1, 0.15) is 0 Å². The first-order chi connectivity index (χ1) is 6.93. The largest absolute Gasteiger partial charge is 0.333 e. The molecule has 0 aliphatic rings. The van der Waals surface area contributed by atoms with Crippen molar-refractivity contribution in [2.24, 2.45) is 11.5 Å². The van der Waals surface area contributed by atoms with E-state index in [1.807, 2.05) is 19.9 Å². The molecule has 0 spiro atoms. The molecule has 0 atom stereocenters. The van der Waals surface area contributed by atoms with Gasteiger partial charge in [0, 0.05) is 63.2 Å². The summed E-state index contributed by atoms with van der Waals surface area (Å²) in [6, 6.07) is 10.5. The molecule has 0 heterocycles. The summed E-state index contributed by atoms with van der Waals surface area (Å²) < 4.78 is 0. The van der Waals surface area contributed by atoms with Crippen LogP contribution in [-0.4, -0.2) is 14.1 Å². The number of rotatable bonds is 1. The van der Waals surface area contributed by atoms with E-state index >= 15 is 0 Å². The molecule has 0 aliphatic carbocycles. The topological polar surface area (TPSA) is 52.0 Å². The summed E-state index contributed by atoms with van der Waals surface area (Å²) in [7, 11) is 3.00. The molecule has 0 aromatic heterocycles. The van der Waals surface area contributed by atoms with Crippen molar-refractivity contribution in [2.45, 2.75) is 27.2 Å². The monoisotopic (exact) mass is 750 g/mol. The van der Waals surface area contributed by atoms with Crippen LogP contribution in [-0.2, 0) is 69.6 Å². The third-order valence-electron chi connectivity index (χ3n) is 1.25. The van der Waals surface area contributed by atoms with Gasteiger partial charge in [0.05, 0.1) is 0 Å². The Hall–Kier alpha value is 1.20. The van der Waals surface area contributed by atoms with Gasteiger partial charge in [-0.2, -0.15) is 0 Å². The van der Waals surface area contributed by atoms with E-state index in [9.17, 15) is 0 Å². The zero-order chi connectivity index (χ0) is 11.8. The maximum Gasteiger partial charge on any atom is 0 e. The van der Waals surface area contributed by atoms with Crippen molar-refractivity contribution in [3.63, 3.8) is 0 Å². The molecular weight excluding hydrogens is 724 g/mol. The van der Waals surface area contributed by atoms with E-state index in [1.165, 1.54) is 19.7 Å². The van der Waals surface area contributed by atoms with E-state index in [0.29, 0.717) is 0 Å². The Morgan fingerprint density at radius 1 is 0.765 bits per heavy atom. The van der Waals surface area contributed by atoms with Gasteiger partial charge in [-0.15, -0.1) is 0 Å². The first-order valence-electron chi connectivity index (χ1n) is 5.13. The minimum atomic E-state index is 0. The second kappa shape index (κ2) is 43.4. The van der Waals surface area contributed by atoms with Crippen LogP contribution >= 0.6 is 0 Å². The van der Waals surface area contributed by atoms with Crippen molar-refractivity contribution in [3.05, 3.63) is 35.9 Å². The average molecular weight is 750 g/mol. The Morgan fingerprint density at radius 3 is 1.24 bits per heavy atom. The Morgan fingerprint density at radius 2 is 1.06 bits per heavy atom. The van der Waals surface area contributed by atoms with E-state index in [2.05, 4.69) is 42.7 Å². The fraction of sp³-hybridized carbons (Fsp3) is 0.500. The molecule has 2 nitrogen and oxygen atoms in total. The van der Waals surface area contributed by atoms with Gasteiger partial charge in [-0.25, -0.2) is 0 Å². The van der Waals surface area contributed by atoms with Crippen LogP contribution in [0.4, 0.5) is 0 Å². The minimum absolute atomic E-state index is 0. The van der Waals surface area contributed by atoms with E-state index in [0.717, 1.165) is 6.42 Å². The molecule has 0 fully saturated rings. The van der Waals surface area contributed by atoms with Gasteiger partial charge in [-0.3, -0.25) is 0 Å². The van der Waals surface area contributed by atoms with Gasteiger partial charge in [-0.1, -0.05) is 51.1 Å². The van der Waals surface area contributed by atoms with Gasteiger partial charge in [0.25, 0.3) is 0 Å². The first kappa shape index (κ1) is 36.2. The van der Waals surface area contributed by atoms with E-state index in [-0.39, 0.29) is 63.2 Å². The standard InChI is InChI=1S/C8H10.C2H6.2CH5N.3W/c1-2-8-6-4-3-5-7-8;3*1-2;;;/h3-7H,2H2,1H3;1-2H3;2*2H2,1H3;;;. The summed E-state index contributed by atoms with van der Waals surface area (Å²) in [5.41, 5.74) is 10.4. The summed E-state index contributed by atoms with van der Waals surface area (Å²) in [4.78, 5) is 0. The van der Waals surface area contributed by atoms with Crippen LogP contribution in [0.5, 0.6) is 0 Å². The predicted molar refractivity (Wildman–Crippen MR) is 67.4 cm³/mol. The third kappa shape index (κ3) is 31.7. The van der Waals surface area contributed by atoms with Crippen molar-refractivity contribution >= 4 is 0 Å². The molecule has 0 amide bonds. The maximum absolute atomic E-state index is 4.50. The summed E-state index contributed by atoms with van der Waals surface area (Å²) >= 11 is 0.